The van der Waals surface area contributed by atoms with Gasteiger partial charge in [0.1, 0.15) is 17.7 Å². The zero-order valence-corrected chi connectivity index (χ0v) is 14.3. The van der Waals surface area contributed by atoms with E-state index in [0.29, 0.717) is 5.82 Å². The molecule has 130 valence electrons. The second kappa shape index (κ2) is 6.62. The maximum absolute atomic E-state index is 13.8. The van der Waals surface area contributed by atoms with Crippen LogP contribution in [0.1, 0.15) is 58.1 Å². The van der Waals surface area contributed by atoms with Crippen molar-refractivity contribution in [3.63, 3.8) is 0 Å². The molecule has 2 rings (SSSR count). The van der Waals surface area contributed by atoms with Gasteiger partial charge in [-0.05, 0) is 30.3 Å². The third-order valence-corrected chi connectivity index (χ3v) is 3.70. The third-order valence-electron chi connectivity index (χ3n) is 3.70. The zero-order valence-electron chi connectivity index (χ0n) is 14.3. The van der Waals surface area contributed by atoms with Gasteiger partial charge in [0.25, 0.3) is 0 Å². The van der Waals surface area contributed by atoms with Crippen LogP contribution < -0.4 is 5.32 Å². The van der Waals surface area contributed by atoms with Crippen molar-refractivity contribution in [3.8, 4) is 0 Å². The highest BCUT2D eigenvalue weighted by Gasteiger charge is 2.28. The number of nitrogens with zero attached hydrogens (tertiary/aromatic N) is 4. The molecule has 0 spiro atoms. The Balaban J connectivity index is 2.16. The van der Waals surface area contributed by atoms with E-state index < -0.39 is 23.7 Å². The van der Waals surface area contributed by atoms with Crippen molar-refractivity contribution < 1.29 is 13.6 Å². The van der Waals surface area contributed by atoms with Crippen LogP contribution in [0.25, 0.3) is 0 Å². The second-order valence-corrected chi connectivity index (χ2v) is 6.77. The highest BCUT2D eigenvalue weighted by atomic mass is 19.1. The third kappa shape index (κ3) is 3.74. The molecule has 0 unspecified atom stereocenters. The van der Waals surface area contributed by atoms with Gasteiger partial charge in [0.15, 0.2) is 5.82 Å². The number of tetrazole rings is 1. The summed E-state index contributed by atoms with van der Waals surface area (Å²) in [6.45, 7) is 9.11. The molecule has 1 amide bonds. The number of carbonyl (C=O) groups is 1. The normalized spacial score (nSPS) is 14.3. The predicted octanol–water partition coefficient (Wildman–Crippen LogP) is 2.69. The minimum atomic E-state index is -0.701. The fourth-order valence-electron chi connectivity index (χ4n) is 2.32. The molecule has 0 aliphatic carbocycles. The minimum absolute atomic E-state index is 0.213. The summed E-state index contributed by atoms with van der Waals surface area (Å²) in [5.74, 6) is -1.14. The Labute approximate surface area is 139 Å². The molecule has 24 heavy (non-hydrogen) atoms. The highest BCUT2D eigenvalue weighted by molar-refractivity contribution is 5.80. The summed E-state index contributed by atoms with van der Waals surface area (Å²) in [5, 5.41) is 14.2. The smallest absolute Gasteiger partial charge is 0.245 e. The van der Waals surface area contributed by atoms with Gasteiger partial charge in [-0.3, -0.25) is 4.79 Å². The molecule has 0 radical (unpaired) electrons. The number of nitrogens with one attached hydrogen (secondary N) is 1. The molecule has 1 aromatic heterocycles. The summed E-state index contributed by atoms with van der Waals surface area (Å²) in [6.07, 6.45) is 0. The molecule has 2 atom stereocenters. The Morgan fingerprint density at radius 1 is 1.25 bits per heavy atom. The number of rotatable bonds is 4. The van der Waals surface area contributed by atoms with E-state index in [1.165, 1.54) is 10.7 Å². The lowest BCUT2D eigenvalue weighted by molar-refractivity contribution is -0.124. The van der Waals surface area contributed by atoms with Gasteiger partial charge in [0.2, 0.25) is 5.91 Å². The number of hydrogen-bond donors (Lipinski definition) is 1. The fourth-order valence-corrected chi connectivity index (χ4v) is 2.32. The van der Waals surface area contributed by atoms with Gasteiger partial charge in [-0.25, -0.2) is 13.5 Å². The van der Waals surface area contributed by atoms with Crippen molar-refractivity contribution in [2.24, 2.45) is 0 Å². The van der Waals surface area contributed by atoms with Crippen LogP contribution in [0.15, 0.2) is 18.2 Å². The fraction of sp³-hybridized carbons (Fsp3) is 0.500. The second-order valence-electron chi connectivity index (χ2n) is 6.77. The van der Waals surface area contributed by atoms with Crippen LogP contribution in [0.3, 0.4) is 0 Å². The minimum Gasteiger partial charge on any atom is -0.348 e. The Morgan fingerprint density at radius 2 is 1.92 bits per heavy atom. The number of hydrogen-bond acceptors (Lipinski definition) is 4. The molecular formula is C16H21F2N5O. The summed E-state index contributed by atoms with van der Waals surface area (Å²) in [7, 11) is 0. The lowest BCUT2D eigenvalue weighted by atomic mass is 9.95. The lowest BCUT2D eigenvalue weighted by Crippen LogP contribution is -2.35. The molecule has 0 saturated heterocycles. The van der Waals surface area contributed by atoms with E-state index in [-0.39, 0.29) is 16.9 Å². The molecule has 1 N–H and O–H groups in total. The van der Waals surface area contributed by atoms with Gasteiger partial charge in [0.05, 0.1) is 6.04 Å². The number of aromatic nitrogens is 4. The van der Waals surface area contributed by atoms with Crippen molar-refractivity contribution in [2.45, 2.75) is 52.1 Å². The first-order valence-electron chi connectivity index (χ1n) is 7.65. The topological polar surface area (TPSA) is 72.7 Å². The largest absolute Gasteiger partial charge is 0.348 e. The number of amides is 1. The Bertz CT molecular complexity index is 738. The molecule has 0 saturated carbocycles. The van der Waals surface area contributed by atoms with Gasteiger partial charge in [0, 0.05) is 17.0 Å². The average molecular weight is 337 g/mol. The molecule has 1 aromatic carbocycles. The summed E-state index contributed by atoms with van der Waals surface area (Å²) >= 11 is 0. The van der Waals surface area contributed by atoms with E-state index >= 15 is 0 Å². The number of halogens is 2. The van der Waals surface area contributed by atoms with Crippen molar-refractivity contribution in [2.75, 3.05) is 0 Å². The standard InChI is InChI=1S/C16H21F2N5O/c1-9(12-7-6-11(17)8-13(12)18)19-14(24)10(2)23-15(16(3,4)5)20-21-22-23/h6-10H,1-5H3,(H,19,24)/t9-,10+/m1/s1. The molecule has 2 aromatic rings. The van der Waals surface area contributed by atoms with Gasteiger partial charge in [-0.2, -0.15) is 0 Å². The molecule has 1 heterocycles. The molecule has 8 heteroatoms. The van der Waals surface area contributed by atoms with E-state index in [4.69, 9.17) is 0 Å². The number of benzene rings is 1. The monoisotopic (exact) mass is 337 g/mol. The molecule has 0 bridgehead atoms. The highest BCUT2D eigenvalue weighted by Crippen LogP contribution is 2.23. The quantitative estimate of drug-likeness (QED) is 0.931. The van der Waals surface area contributed by atoms with Crippen LogP contribution in [0.4, 0.5) is 8.78 Å². The SMILES string of the molecule is C[C@@H](NC(=O)[C@H](C)n1nnnc1C(C)(C)C)c1ccc(F)cc1F. The lowest BCUT2D eigenvalue weighted by Gasteiger charge is -2.22. The van der Waals surface area contributed by atoms with Crippen molar-refractivity contribution in [3.05, 3.63) is 41.2 Å². The van der Waals surface area contributed by atoms with E-state index in [9.17, 15) is 13.6 Å². The Kier molecular flexibility index (Phi) is 4.96. The van der Waals surface area contributed by atoms with Crippen LogP contribution in [0, 0.1) is 11.6 Å². The van der Waals surface area contributed by atoms with E-state index in [1.807, 2.05) is 20.8 Å². The van der Waals surface area contributed by atoms with Crippen LogP contribution >= 0.6 is 0 Å². The van der Waals surface area contributed by atoms with E-state index in [1.54, 1.807) is 13.8 Å². The van der Waals surface area contributed by atoms with Crippen LogP contribution in [-0.4, -0.2) is 26.1 Å². The van der Waals surface area contributed by atoms with Gasteiger partial charge in [-0.15, -0.1) is 5.10 Å². The maximum Gasteiger partial charge on any atom is 0.245 e. The van der Waals surface area contributed by atoms with Crippen molar-refractivity contribution in [1.82, 2.24) is 25.5 Å². The summed E-state index contributed by atoms with van der Waals surface area (Å²) < 4.78 is 28.3. The van der Waals surface area contributed by atoms with Gasteiger partial charge < -0.3 is 5.32 Å². The predicted molar refractivity (Wildman–Crippen MR) is 84.1 cm³/mol. The summed E-state index contributed by atoms with van der Waals surface area (Å²) in [5.41, 5.74) is -0.114. The molecular weight excluding hydrogens is 316 g/mol. The molecule has 0 fully saturated rings. The van der Waals surface area contributed by atoms with Gasteiger partial charge in [-0.1, -0.05) is 26.8 Å². The molecule has 6 nitrogen and oxygen atoms in total. The first-order valence-corrected chi connectivity index (χ1v) is 7.65. The van der Waals surface area contributed by atoms with Crippen LogP contribution in [-0.2, 0) is 10.2 Å². The van der Waals surface area contributed by atoms with Crippen LogP contribution in [0.2, 0.25) is 0 Å². The maximum atomic E-state index is 13.8. The van der Waals surface area contributed by atoms with E-state index in [0.717, 1.165) is 12.1 Å². The molecule has 0 aliphatic rings. The molecule has 0 aliphatic heterocycles. The number of carbonyl (C=O) groups excluding carboxylic acids is 1. The first kappa shape index (κ1) is 18.0. The van der Waals surface area contributed by atoms with Crippen LogP contribution in [0.5, 0.6) is 0 Å². The zero-order chi connectivity index (χ0) is 18.1. The van der Waals surface area contributed by atoms with Crippen molar-refractivity contribution in [1.29, 1.82) is 0 Å². The van der Waals surface area contributed by atoms with Crippen molar-refractivity contribution >= 4 is 5.91 Å². The average Bonchev–Trinajstić information content (AvgIpc) is 2.95. The summed E-state index contributed by atoms with van der Waals surface area (Å²) in [4.78, 5) is 12.5. The van der Waals surface area contributed by atoms with E-state index in [2.05, 4.69) is 20.8 Å². The Morgan fingerprint density at radius 3 is 2.50 bits per heavy atom. The van der Waals surface area contributed by atoms with Gasteiger partial charge >= 0.3 is 0 Å². The Hall–Kier alpha value is -2.38. The first-order chi connectivity index (χ1) is 11.1. The summed E-state index contributed by atoms with van der Waals surface area (Å²) in [6, 6.07) is 1.98.